The Kier molecular flexibility index (Phi) is 7.39. The van der Waals surface area contributed by atoms with Crippen LogP contribution in [0.5, 0.6) is 0 Å². The van der Waals surface area contributed by atoms with Gasteiger partial charge in [0.25, 0.3) is 0 Å². The molecule has 0 N–H and O–H groups in total. The number of fused-ring (bicyclic) bond motifs is 7. The molecule has 11 rings (SSSR count). The van der Waals surface area contributed by atoms with Crippen molar-refractivity contribution in [1.29, 1.82) is 0 Å². The summed E-state index contributed by atoms with van der Waals surface area (Å²) in [6.45, 7) is 0. The van der Waals surface area contributed by atoms with Crippen molar-refractivity contribution in [3.8, 4) is 56.2 Å². The van der Waals surface area contributed by atoms with Crippen LogP contribution < -0.4 is 0 Å². The summed E-state index contributed by atoms with van der Waals surface area (Å²) >= 11 is 1.85. The highest BCUT2D eigenvalue weighted by molar-refractivity contribution is 7.25. The summed E-state index contributed by atoms with van der Waals surface area (Å²) in [6, 6.07) is 69.8. The molecule has 2 aromatic heterocycles. The van der Waals surface area contributed by atoms with E-state index in [2.05, 4.69) is 176 Å². The lowest BCUT2D eigenvalue weighted by Crippen LogP contribution is -1.96. The van der Waals surface area contributed by atoms with Crippen LogP contribution in [-0.4, -0.2) is 9.97 Å². The Hall–Kier alpha value is -6.94. The predicted molar refractivity (Wildman–Crippen MR) is 235 cm³/mol. The zero-order chi connectivity index (χ0) is 36.3. The van der Waals surface area contributed by atoms with E-state index in [1.54, 1.807) is 0 Å². The molecule has 0 aliphatic heterocycles. The number of thiophene rings is 1. The quantitative estimate of drug-likeness (QED) is 0.131. The van der Waals surface area contributed by atoms with Gasteiger partial charge >= 0.3 is 0 Å². The number of benzene rings is 9. The van der Waals surface area contributed by atoms with Crippen LogP contribution in [0, 0.1) is 0 Å². The lowest BCUT2D eigenvalue weighted by atomic mass is 9.89. The van der Waals surface area contributed by atoms with Gasteiger partial charge in [-0.15, -0.1) is 11.3 Å². The summed E-state index contributed by atoms with van der Waals surface area (Å²) < 4.78 is 2.61. The van der Waals surface area contributed by atoms with Crippen molar-refractivity contribution >= 4 is 63.8 Å². The van der Waals surface area contributed by atoms with Gasteiger partial charge in [0.2, 0.25) is 0 Å². The standard InChI is InChI=1S/C52H32N2S/c1-2-13-36(14-3-1)52-53-46(32-47(54-52)39-17-10-16-37(30-39)42-21-11-23-49-51(42)44-20-8-9-22-48(44)55-49)34-24-26-35(27-25-34)50-41-19-7-5-15-38(41)31-45-40-18-6-4-12-33(40)28-29-43(45)50/h1-32H. The van der Waals surface area contributed by atoms with E-state index in [1.807, 2.05) is 29.5 Å². The predicted octanol–water partition coefficient (Wildman–Crippen LogP) is 14.6. The van der Waals surface area contributed by atoms with Crippen molar-refractivity contribution in [2.45, 2.75) is 0 Å². The van der Waals surface area contributed by atoms with Gasteiger partial charge in [-0.1, -0.05) is 164 Å². The third kappa shape index (κ3) is 5.40. The Morgan fingerprint density at radius 1 is 0.327 bits per heavy atom. The van der Waals surface area contributed by atoms with E-state index in [4.69, 9.17) is 9.97 Å². The normalized spacial score (nSPS) is 11.6. The summed E-state index contributed by atoms with van der Waals surface area (Å²) in [7, 11) is 0. The molecule has 256 valence electrons. The van der Waals surface area contributed by atoms with Gasteiger partial charge in [0.15, 0.2) is 5.82 Å². The summed E-state index contributed by atoms with van der Waals surface area (Å²) in [5.41, 5.74) is 9.72. The van der Waals surface area contributed by atoms with Gasteiger partial charge in [0, 0.05) is 36.9 Å². The molecule has 0 aliphatic rings. The maximum absolute atomic E-state index is 5.19. The Labute approximate surface area is 322 Å². The van der Waals surface area contributed by atoms with E-state index in [0.29, 0.717) is 5.82 Å². The Morgan fingerprint density at radius 2 is 0.964 bits per heavy atom. The van der Waals surface area contributed by atoms with Crippen molar-refractivity contribution in [3.63, 3.8) is 0 Å². The molecule has 0 bridgehead atoms. The molecule has 2 nitrogen and oxygen atoms in total. The first-order valence-corrected chi connectivity index (χ1v) is 19.5. The van der Waals surface area contributed by atoms with E-state index in [1.165, 1.54) is 74.7 Å². The highest BCUT2D eigenvalue weighted by Gasteiger charge is 2.16. The van der Waals surface area contributed by atoms with Crippen LogP contribution in [0.15, 0.2) is 194 Å². The molecule has 9 aromatic carbocycles. The average molecular weight is 717 g/mol. The fourth-order valence-corrected chi connectivity index (χ4v) is 9.39. The average Bonchev–Trinajstić information content (AvgIpc) is 3.65. The number of rotatable bonds is 5. The second-order valence-electron chi connectivity index (χ2n) is 14.1. The molecule has 0 atom stereocenters. The molecule has 0 unspecified atom stereocenters. The molecule has 0 amide bonds. The Bertz CT molecular complexity index is 3250. The minimum Gasteiger partial charge on any atom is -0.228 e. The number of nitrogens with zero attached hydrogens (tertiary/aromatic N) is 2. The van der Waals surface area contributed by atoms with Gasteiger partial charge < -0.3 is 0 Å². The van der Waals surface area contributed by atoms with Crippen LogP contribution in [0.2, 0.25) is 0 Å². The third-order valence-corrected chi connectivity index (χ3v) is 12.0. The van der Waals surface area contributed by atoms with E-state index in [0.717, 1.165) is 28.1 Å². The van der Waals surface area contributed by atoms with Crippen LogP contribution >= 0.6 is 11.3 Å². The van der Waals surface area contributed by atoms with Crippen LogP contribution in [0.1, 0.15) is 0 Å². The van der Waals surface area contributed by atoms with E-state index in [9.17, 15) is 0 Å². The molecular weight excluding hydrogens is 685 g/mol. The van der Waals surface area contributed by atoms with Crippen molar-refractivity contribution in [3.05, 3.63) is 194 Å². The molecular formula is C52H32N2S. The molecule has 0 saturated carbocycles. The minimum absolute atomic E-state index is 0.709. The molecule has 0 fully saturated rings. The summed E-state index contributed by atoms with van der Waals surface area (Å²) in [5, 5.41) is 10.1. The molecule has 55 heavy (non-hydrogen) atoms. The van der Waals surface area contributed by atoms with Gasteiger partial charge in [-0.2, -0.15) is 0 Å². The second kappa shape index (κ2) is 12.9. The highest BCUT2D eigenvalue weighted by atomic mass is 32.1. The Morgan fingerprint density at radius 3 is 1.82 bits per heavy atom. The smallest absolute Gasteiger partial charge is 0.160 e. The maximum Gasteiger partial charge on any atom is 0.160 e. The first kappa shape index (κ1) is 31.6. The zero-order valence-corrected chi connectivity index (χ0v) is 30.6. The fourth-order valence-electron chi connectivity index (χ4n) is 8.26. The van der Waals surface area contributed by atoms with Crippen molar-refractivity contribution < 1.29 is 0 Å². The van der Waals surface area contributed by atoms with Crippen molar-refractivity contribution in [1.82, 2.24) is 9.97 Å². The zero-order valence-electron chi connectivity index (χ0n) is 29.8. The van der Waals surface area contributed by atoms with Crippen LogP contribution in [-0.2, 0) is 0 Å². The van der Waals surface area contributed by atoms with E-state index in [-0.39, 0.29) is 0 Å². The molecule has 2 heterocycles. The largest absolute Gasteiger partial charge is 0.228 e. The molecule has 0 aliphatic carbocycles. The molecule has 3 heteroatoms. The fraction of sp³-hybridized carbons (Fsp3) is 0. The van der Waals surface area contributed by atoms with Crippen molar-refractivity contribution in [2.75, 3.05) is 0 Å². The van der Waals surface area contributed by atoms with Gasteiger partial charge in [-0.25, -0.2) is 9.97 Å². The molecule has 0 radical (unpaired) electrons. The number of hydrogen-bond acceptors (Lipinski definition) is 3. The SMILES string of the molecule is c1ccc(-c2nc(-c3ccc(-c4c5ccccc5cc5c4ccc4ccccc45)cc3)cc(-c3cccc(-c4cccc5sc6ccccc6c45)c3)n2)cc1. The minimum atomic E-state index is 0.709. The van der Waals surface area contributed by atoms with Gasteiger partial charge in [0.1, 0.15) is 0 Å². The monoisotopic (exact) mass is 716 g/mol. The second-order valence-corrected chi connectivity index (χ2v) is 15.2. The van der Waals surface area contributed by atoms with Gasteiger partial charge in [-0.3, -0.25) is 0 Å². The van der Waals surface area contributed by atoms with E-state index >= 15 is 0 Å². The Balaban J connectivity index is 1.05. The molecule has 11 aromatic rings. The summed E-state index contributed by atoms with van der Waals surface area (Å²) in [6.07, 6.45) is 0. The van der Waals surface area contributed by atoms with Gasteiger partial charge in [0.05, 0.1) is 11.4 Å². The number of hydrogen-bond donors (Lipinski definition) is 0. The summed E-state index contributed by atoms with van der Waals surface area (Å²) in [4.78, 5) is 10.4. The highest BCUT2D eigenvalue weighted by Crippen LogP contribution is 2.42. The van der Waals surface area contributed by atoms with E-state index < -0.39 is 0 Å². The van der Waals surface area contributed by atoms with Crippen LogP contribution in [0.25, 0.3) is 109 Å². The lowest BCUT2D eigenvalue weighted by Gasteiger charge is -2.15. The maximum atomic E-state index is 5.19. The van der Waals surface area contributed by atoms with Crippen LogP contribution in [0.3, 0.4) is 0 Å². The molecule has 0 spiro atoms. The van der Waals surface area contributed by atoms with Crippen molar-refractivity contribution in [2.24, 2.45) is 0 Å². The topological polar surface area (TPSA) is 25.8 Å². The van der Waals surface area contributed by atoms with Gasteiger partial charge in [-0.05, 0) is 84.9 Å². The van der Waals surface area contributed by atoms with Crippen LogP contribution in [0.4, 0.5) is 0 Å². The lowest BCUT2D eigenvalue weighted by molar-refractivity contribution is 1.18. The first-order chi connectivity index (χ1) is 27.2. The first-order valence-electron chi connectivity index (χ1n) is 18.6. The molecule has 0 saturated heterocycles. The summed E-state index contributed by atoms with van der Waals surface area (Å²) in [5.74, 6) is 0.709. The number of aromatic nitrogens is 2. The third-order valence-electron chi connectivity index (χ3n) is 10.9.